The van der Waals surface area contributed by atoms with Gasteiger partial charge in [0.2, 0.25) is 5.88 Å². The number of hydrogen-bond donors (Lipinski definition) is 1. The van der Waals surface area contributed by atoms with Gasteiger partial charge in [-0.2, -0.15) is 9.78 Å². The second-order valence-corrected chi connectivity index (χ2v) is 7.15. The lowest BCUT2D eigenvalue weighted by Crippen LogP contribution is -2.62. The standard InChI is InChI=1S/C18H20N6O2/c1-11-17(12-2-4-23(11)5-3-12)22-18(25)14-7-15-13(8-20-14)6-16(26-15)24-10-19-9-21-24/h6-12,17H,2-5H2,1H3,(H,22,25). The van der Waals surface area contributed by atoms with Crippen molar-refractivity contribution in [2.24, 2.45) is 5.92 Å². The number of hydrogen-bond acceptors (Lipinski definition) is 6. The van der Waals surface area contributed by atoms with Crippen LogP contribution in [0, 0.1) is 5.92 Å². The van der Waals surface area contributed by atoms with Crippen molar-refractivity contribution in [2.45, 2.75) is 31.8 Å². The van der Waals surface area contributed by atoms with E-state index in [-0.39, 0.29) is 11.9 Å². The molecule has 0 aliphatic carbocycles. The van der Waals surface area contributed by atoms with Gasteiger partial charge in [-0.05, 0) is 38.8 Å². The fourth-order valence-corrected chi connectivity index (χ4v) is 4.25. The summed E-state index contributed by atoms with van der Waals surface area (Å²) in [5, 5.41) is 8.08. The highest BCUT2D eigenvalue weighted by atomic mass is 16.4. The highest BCUT2D eigenvalue weighted by Gasteiger charge is 2.40. The minimum atomic E-state index is -0.142. The molecular formula is C18H20N6O2. The van der Waals surface area contributed by atoms with Crippen LogP contribution in [0.3, 0.4) is 0 Å². The maximum Gasteiger partial charge on any atom is 0.270 e. The molecule has 3 aliphatic rings. The van der Waals surface area contributed by atoms with Gasteiger partial charge in [-0.3, -0.25) is 14.7 Å². The van der Waals surface area contributed by atoms with Gasteiger partial charge in [-0.25, -0.2) is 4.98 Å². The smallest absolute Gasteiger partial charge is 0.270 e. The molecule has 8 heteroatoms. The lowest BCUT2D eigenvalue weighted by atomic mass is 9.79. The Labute approximate surface area is 150 Å². The first-order chi connectivity index (χ1) is 12.7. The van der Waals surface area contributed by atoms with E-state index in [1.54, 1.807) is 18.6 Å². The monoisotopic (exact) mass is 352 g/mol. The van der Waals surface area contributed by atoms with Crippen LogP contribution in [0.5, 0.6) is 0 Å². The van der Waals surface area contributed by atoms with E-state index >= 15 is 0 Å². The molecule has 8 nitrogen and oxygen atoms in total. The second-order valence-electron chi connectivity index (χ2n) is 7.15. The maximum atomic E-state index is 12.8. The number of carbonyl (C=O) groups is 1. The summed E-state index contributed by atoms with van der Waals surface area (Å²) in [5.74, 6) is 0.962. The van der Waals surface area contributed by atoms with Crippen molar-refractivity contribution in [3.05, 3.63) is 36.7 Å². The summed E-state index contributed by atoms with van der Waals surface area (Å²) >= 11 is 0. The molecule has 0 spiro atoms. The van der Waals surface area contributed by atoms with E-state index in [2.05, 4.69) is 32.2 Å². The van der Waals surface area contributed by atoms with Crippen LogP contribution in [0.2, 0.25) is 0 Å². The van der Waals surface area contributed by atoms with E-state index in [0.29, 0.717) is 29.1 Å². The fourth-order valence-electron chi connectivity index (χ4n) is 4.25. The van der Waals surface area contributed by atoms with Gasteiger partial charge in [0.15, 0.2) is 0 Å². The van der Waals surface area contributed by atoms with Crippen LogP contribution < -0.4 is 5.32 Å². The molecule has 2 unspecified atom stereocenters. The molecule has 2 bridgehead atoms. The van der Waals surface area contributed by atoms with Crippen LogP contribution in [0.4, 0.5) is 0 Å². The molecule has 0 aromatic carbocycles. The number of rotatable bonds is 3. The van der Waals surface area contributed by atoms with Crippen LogP contribution >= 0.6 is 0 Å². The summed E-state index contributed by atoms with van der Waals surface area (Å²) < 4.78 is 7.33. The van der Waals surface area contributed by atoms with Gasteiger partial charge in [-0.15, -0.1) is 0 Å². The van der Waals surface area contributed by atoms with Crippen molar-refractivity contribution in [1.82, 2.24) is 30.0 Å². The molecule has 3 fully saturated rings. The Kier molecular flexibility index (Phi) is 3.53. The SMILES string of the molecule is CC1C(NC(=O)c2cc3oc(-n4cncn4)cc3cn2)C2CCN1CC2. The minimum Gasteiger partial charge on any atom is -0.438 e. The van der Waals surface area contributed by atoms with Crippen molar-refractivity contribution in [3.63, 3.8) is 0 Å². The largest absolute Gasteiger partial charge is 0.438 e. The number of fused-ring (bicyclic) bond motifs is 4. The molecule has 134 valence electrons. The zero-order chi connectivity index (χ0) is 17.7. The number of aromatic nitrogens is 4. The van der Waals surface area contributed by atoms with Crippen LogP contribution in [-0.2, 0) is 0 Å². The molecule has 3 aromatic rings. The molecule has 0 radical (unpaired) electrons. The van der Waals surface area contributed by atoms with E-state index in [1.807, 2.05) is 6.07 Å². The van der Waals surface area contributed by atoms with Crippen LogP contribution in [0.15, 0.2) is 35.4 Å². The average molecular weight is 352 g/mol. The number of nitrogens with one attached hydrogen (secondary N) is 1. The third-order valence-corrected chi connectivity index (χ3v) is 5.74. The molecule has 6 heterocycles. The van der Waals surface area contributed by atoms with Gasteiger partial charge >= 0.3 is 0 Å². The van der Waals surface area contributed by atoms with E-state index in [9.17, 15) is 4.79 Å². The quantitative estimate of drug-likeness (QED) is 0.770. The number of pyridine rings is 1. The van der Waals surface area contributed by atoms with Gasteiger partial charge in [0, 0.05) is 35.8 Å². The molecule has 26 heavy (non-hydrogen) atoms. The molecular weight excluding hydrogens is 332 g/mol. The van der Waals surface area contributed by atoms with E-state index < -0.39 is 0 Å². The van der Waals surface area contributed by atoms with Crippen molar-refractivity contribution >= 4 is 16.9 Å². The van der Waals surface area contributed by atoms with Crippen molar-refractivity contribution in [1.29, 1.82) is 0 Å². The van der Waals surface area contributed by atoms with Gasteiger partial charge in [0.05, 0.1) is 0 Å². The first kappa shape index (κ1) is 15.5. The summed E-state index contributed by atoms with van der Waals surface area (Å²) in [6.45, 7) is 4.48. The third kappa shape index (κ3) is 2.48. The van der Waals surface area contributed by atoms with Crippen molar-refractivity contribution in [2.75, 3.05) is 13.1 Å². The van der Waals surface area contributed by atoms with Gasteiger partial charge in [-0.1, -0.05) is 0 Å². The van der Waals surface area contributed by atoms with Gasteiger partial charge in [0.25, 0.3) is 5.91 Å². The third-order valence-electron chi connectivity index (χ3n) is 5.74. The van der Waals surface area contributed by atoms with Crippen LogP contribution in [-0.4, -0.2) is 55.7 Å². The number of amides is 1. The Morgan fingerprint density at radius 3 is 2.88 bits per heavy atom. The number of carbonyl (C=O) groups excluding carboxylic acids is 1. The fraction of sp³-hybridized carbons (Fsp3) is 0.444. The maximum absolute atomic E-state index is 12.8. The summed E-state index contributed by atoms with van der Waals surface area (Å²) in [6.07, 6.45) is 6.98. The lowest BCUT2D eigenvalue weighted by Gasteiger charge is -2.49. The predicted molar refractivity (Wildman–Crippen MR) is 93.9 cm³/mol. The summed E-state index contributed by atoms with van der Waals surface area (Å²) in [7, 11) is 0. The Balaban J connectivity index is 1.39. The Hall–Kier alpha value is -2.74. The molecule has 3 aromatic heterocycles. The highest BCUT2D eigenvalue weighted by molar-refractivity contribution is 5.95. The average Bonchev–Trinajstić information content (AvgIpc) is 3.33. The molecule has 3 saturated heterocycles. The Morgan fingerprint density at radius 2 is 2.15 bits per heavy atom. The first-order valence-corrected chi connectivity index (χ1v) is 8.98. The summed E-state index contributed by atoms with van der Waals surface area (Å²) in [4.78, 5) is 23.4. The zero-order valence-electron chi connectivity index (χ0n) is 14.5. The molecule has 1 amide bonds. The van der Waals surface area contributed by atoms with Crippen molar-refractivity contribution in [3.8, 4) is 5.88 Å². The van der Waals surface area contributed by atoms with Gasteiger partial charge < -0.3 is 9.73 Å². The molecule has 2 atom stereocenters. The second kappa shape index (κ2) is 5.91. The van der Waals surface area contributed by atoms with Crippen molar-refractivity contribution < 1.29 is 9.21 Å². The van der Waals surface area contributed by atoms with E-state index in [4.69, 9.17) is 4.42 Å². The summed E-state index contributed by atoms with van der Waals surface area (Å²) in [6, 6.07) is 4.08. The molecule has 0 saturated carbocycles. The van der Waals surface area contributed by atoms with Gasteiger partial charge in [0.1, 0.15) is 23.9 Å². The van der Waals surface area contributed by atoms with Crippen LogP contribution in [0.25, 0.3) is 16.9 Å². The first-order valence-electron chi connectivity index (χ1n) is 8.98. The predicted octanol–water partition coefficient (Wildman–Crippen LogP) is 1.62. The van der Waals surface area contributed by atoms with E-state index in [0.717, 1.165) is 31.3 Å². The van der Waals surface area contributed by atoms with E-state index in [1.165, 1.54) is 11.0 Å². The Morgan fingerprint density at radius 1 is 1.31 bits per heavy atom. The number of furan rings is 1. The topological polar surface area (TPSA) is 89.1 Å². The molecule has 3 aliphatic heterocycles. The number of nitrogens with zero attached hydrogens (tertiary/aromatic N) is 5. The number of piperidine rings is 3. The normalized spacial score (nSPS) is 27.7. The zero-order valence-corrected chi connectivity index (χ0v) is 14.5. The molecule has 6 rings (SSSR count). The van der Waals surface area contributed by atoms with Crippen LogP contribution in [0.1, 0.15) is 30.3 Å². The minimum absolute atomic E-state index is 0.142. The summed E-state index contributed by atoms with van der Waals surface area (Å²) in [5.41, 5.74) is 0.984. The highest BCUT2D eigenvalue weighted by Crippen LogP contribution is 2.32. The molecule has 1 N–H and O–H groups in total. The lowest BCUT2D eigenvalue weighted by molar-refractivity contribution is 0.0216. The Bertz CT molecular complexity index is 940.